The molecule has 1 aromatic carbocycles. The fourth-order valence-corrected chi connectivity index (χ4v) is 1.60. The maximum Gasteiger partial charge on any atom is 0.328 e. The van der Waals surface area contributed by atoms with Gasteiger partial charge in [-0.1, -0.05) is 11.6 Å². The number of benzene rings is 1. The molecule has 2 amide bonds. The lowest BCUT2D eigenvalue weighted by Crippen LogP contribution is -2.49. The van der Waals surface area contributed by atoms with Gasteiger partial charge in [-0.15, -0.1) is 0 Å². The lowest BCUT2D eigenvalue weighted by molar-refractivity contribution is -0.141. The van der Waals surface area contributed by atoms with Crippen molar-refractivity contribution < 1.29 is 19.8 Å². The number of hydrogen-bond donors (Lipinski definition) is 4. The number of amides is 2. The van der Waals surface area contributed by atoms with Crippen molar-refractivity contribution in [3.05, 3.63) is 28.8 Å². The first kappa shape index (κ1) is 15.8. The Morgan fingerprint density at radius 2 is 2.10 bits per heavy atom. The maximum absolute atomic E-state index is 11.6. The molecule has 0 aliphatic carbocycles. The molecule has 106 valence electrons. The topological polar surface area (TPSA) is 122 Å². The Bertz CT molecular complexity index is 568. The number of aliphatic hydroxyl groups excluding tert-OH is 1. The van der Waals surface area contributed by atoms with Crippen LogP contribution in [0.3, 0.4) is 0 Å². The number of aliphatic carboxylic acids is 1. The largest absolute Gasteiger partial charge is 0.480 e. The van der Waals surface area contributed by atoms with Crippen LogP contribution >= 0.6 is 11.6 Å². The van der Waals surface area contributed by atoms with Gasteiger partial charge < -0.3 is 20.8 Å². The van der Waals surface area contributed by atoms with Crippen LogP contribution in [0.5, 0.6) is 0 Å². The predicted octanol–water partition coefficient (Wildman–Crippen LogP) is 1.17. The molecular weight excluding hydrogens is 286 g/mol. The molecule has 1 rings (SSSR count). The molecule has 0 aromatic heterocycles. The van der Waals surface area contributed by atoms with Gasteiger partial charge in [-0.2, -0.15) is 5.26 Å². The van der Waals surface area contributed by atoms with E-state index in [1.54, 1.807) is 0 Å². The van der Waals surface area contributed by atoms with E-state index in [1.165, 1.54) is 25.1 Å². The Hall–Kier alpha value is -2.30. The summed E-state index contributed by atoms with van der Waals surface area (Å²) in [6.07, 6.45) is -1.25. The van der Waals surface area contributed by atoms with Gasteiger partial charge in [0.25, 0.3) is 0 Å². The molecule has 0 aliphatic heterocycles. The van der Waals surface area contributed by atoms with E-state index >= 15 is 0 Å². The lowest BCUT2D eigenvalue weighted by atomic mass is 10.2. The highest BCUT2D eigenvalue weighted by molar-refractivity contribution is 6.32. The monoisotopic (exact) mass is 297 g/mol. The molecular formula is C12H12ClN3O4. The van der Waals surface area contributed by atoms with Crippen molar-refractivity contribution in [2.45, 2.75) is 19.1 Å². The van der Waals surface area contributed by atoms with E-state index in [4.69, 9.17) is 22.0 Å². The molecule has 2 atom stereocenters. The van der Waals surface area contributed by atoms with Crippen LogP contribution in [-0.4, -0.2) is 34.4 Å². The van der Waals surface area contributed by atoms with Crippen LogP contribution in [0, 0.1) is 11.3 Å². The number of anilines is 1. The highest BCUT2D eigenvalue weighted by atomic mass is 35.5. The maximum atomic E-state index is 11.6. The Labute approximate surface area is 119 Å². The fraction of sp³-hybridized carbons (Fsp3) is 0.250. The summed E-state index contributed by atoms with van der Waals surface area (Å²) >= 11 is 5.79. The van der Waals surface area contributed by atoms with E-state index in [1.807, 2.05) is 6.07 Å². The van der Waals surface area contributed by atoms with Gasteiger partial charge in [-0.05, 0) is 25.1 Å². The third-order valence-corrected chi connectivity index (χ3v) is 2.70. The standard InChI is InChI=1S/C12H12ClN3O4/c1-6(17)10(11(18)19)16-12(20)15-8-3-2-7(5-14)9(13)4-8/h2-4,6,10,17H,1H3,(H,18,19)(H2,15,16,20)/t6-,10+/m1/s1. The first-order valence-corrected chi connectivity index (χ1v) is 5.91. The number of aliphatic hydroxyl groups is 1. The number of halogens is 1. The second-order valence-corrected chi connectivity index (χ2v) is 4.37. The number of nitrogens with zero attached hydrogens (tertiary/aromatic N) is 1. The van der Waals surface area contributed by atoms with Crippen LogP contribution in [0.2, 0.25) is 5.02 Å². The van der Waals surface area contributed by atoms with Gasteiger partial charge >= 0.3 is 12.0 Å². The number of nitriles is 1. The zero-order valence-corrected chi connectivity index (χ0v) is 11.2. The highest BCUT2D eigenvalue weighted by Gasteiger charge is 2.24. The molecule has 0 spiro atoms. The third-order valence-electron chi connectivity index (χ3n) is 2.38. The zero-order chi connectivity index (χ0) is 15.3. The van der Waals surface area contributed by atoms with Crippen LogP contribution in [0.4, 0.5) is 10.5 Å². The van der Waals surface area contributed by atoms with Crippen molar-refractivity contribution >= 4 is 29.3 Å². The van der Waals surface area contributed by atoms with Gasteiger partial charge in [0.2, 0.25) is 0 Å². The summed E-state index contributed by atoms with van der Waals surface area (Å²) in [6.45, 7) is 1.25. The van der Waals surface area contributed by atoms with Crippen molar-refractivity contribution in [1.29, 1.82) is 5.26 Å². The minimum absolute atomic E-state index is 0.163. The molecule has 0 radical (unpaired) electrons. The SMILES string of the molecule is C[C@@H](O)[C@H](NC(=O)Nc1ccc(C#N)c(Cl)c1)C(=O)O. The molecule has 1 aromatic rings. The van der Waals surface area contributed by atoms with Crippen molar-refractivity contribution in [2.75, 3.05) is 5.32 Å². The van der Waals surface area contributed by atoms with Crippen molar-refractivity contribution in [1.82, 2.24) is 5.32 Å². The zero-order valence-electron chi connectivity index (χ0n) is 10.4. The Morgan fingerprint density at radius 3 is 2.55 bits per heavy atom. The molecule has 4 N–H and O–H groups in total. The summed E-state index contributed by atoms with van der Waals surface area (Å²) in [6, 6.07) is 3.86. The molecule has 0 unspecified atom stereocenters. The van der Waals surface area contributed by atoms with Crippen LogP contribution in [0.15, 0.2) is 18.2 Å². The fourth-order valence-electron chi connectivity index (χ4n) is 1.38. The molecule has 0 saturated carbocycles. The molecule has 0 fully saturated rings. The second-order valence-electron chi connectivity index (χ2n) is 3.96. The van der Waals surface area contributed by atoms with E-state index in [9.17, 15) is 14.7 Å². The third kappa shape index (κ3) is 4.12. The number of carboxylic acid groups (broad SMARTS) is 1. The summed E-state index contributed by atoms with van der Waals surface area (Å²) in [5, 5.41) is 31.4. The highest BCUT2D eigenvalue weighted by Crippen LogP contribution is 2.20. The van der Waals surface area contributed by atoms with Gasteiger partial charge in [-0.3, -0.25) is 0 Å². The Morgan fingerprint density at radius 1 is 1.45 bits per heavy atom. The lowest BCUT2D eigenvalue weighted by Gasteiger charge is -2.17. The number of urea groups is 1. The first-order valence-electron chi connectivity index (χ1n) is 5.53. The summed E-state index contributed by atoms with van der Waals surface area (Å²) in [4.78, 5) is 22.4. The molecule has 20 heavy (non-hydrogen) atoms. The van der Waals surface area contributed by atoms with E-state index in [-0.39, 0.29) is 10.6 Å². The smallest absolute Gasteiger partial charge is 0.328 e. The Balaban J connectivity index is 2.74. The van der Waals surface area contributed by atoms with Crippen molar-refractivity contribution in [3.8, 4) is 6.07 Å². The molecule has 8 heteroatoms. The molecule has 0 heterocycles. The summed E-state index contributed by atoms with van der Waals surface area (Å²) in [5.74, 6) is -1.35. The number of carbonyl (C=O) groups is 2. The summed E-state index contributed by atoms with van der Waals surface area (Å²) < 4.78 is 0. The van der Waals surface area contributed by atoms with Gasteiger partial charge in [0.05, 0.1) is 16.7 Å². The van der Waals surface area contributed by atoms with Crippen LogP contribution in [0.1, 0.15) is 12.5 Å². The van der Waals surface area contributed by atoms with Gasteiger partial charge in [-0.25, -0.2) is 9.59 Å². The van der Waals surface area contributed by atoms with Crippen molar-refractivity contribution in [3.63, 3.8) is 0 Å². The van der Waals surface area contributed by atoms with Gasteiger partial charge in [0, 0.05) is 5.69 Å². The predicted molar refractivity (Wildman–Crippen MR) is 71.4 cm³/mol. The van der Waals surface area contributed by atoms with E-state index in [0.717, 1.165) is 0 Å². The molecule has 0 saturated heterocycles. The second kappa shape index (κ2) is 6.75. The van der Waals surface area contributed by atoms with Crippen LogP contribution in [-0.2, 0) is 4.79 Å². The van der Waals surface area contributed by atoms with Crippen molar-refractivity contribution in [2.24, 2.45) is 0 Å². The minimum atomic E-state index is -1.43. The number of rotatable bonds is 4. The van der Waals surface area contributed by atoms with E-state index in [0.29, 0.717) is 5.69 Å². The number of hydrogen-bond acceptors (Lipinski definition) is 4. The molecule has 0 bridgehead atoms. The average molecular weight is 298 g/mol. The average Bonchev–Trinajstić information content (AvgIpc) is 2.35. The van der Waals surface area contributed by atoms with E-state index in [2.05, 4.69) is 10.6 Å². The quantitative estimate of drug-likeness (QED) is 0.664. The number of carboxylic acids is 1. The number of carbonyl (C=O) groups excluding carboxylic acids is 1. The molecule has 7 nitrogen and oxygen atoms in total. The van der Waals surface area contributed by atoms with Gasteiger partial charge in [0.15, 0.2) is 6.04 Å². The van der Waals surface area contributed by atoms with E-state index < -0.39 is 24.1 Å². The van der Waals surface area contributed by atoms with Crippen LogP contribution < -0.4 is 10.6 Å². The summed E-state index contributed by atoms with van der Waals surface area (Å²) in [7, 11) is 0. The summed E-state index contributed by atoms with van der Waals surface area (Å²) in [5.41, 5.74) is 0.547. The van der Waals surface area contributed by atoms with Gasteiger partial charge in [0.1, 0.15) is 6.07 Å². The molecule has 0 aliphatic rings. The number of nitrogens with one attached hydrogen (secondary N) is 2. The minimum Gasteiger partial charge on any atom is -0.480 e. The normalized spacial score (nSPS) is 12.9. The van der Waals surface area contributed by atoms with Crippen LogP contribution in [0.25, 0.3) is 0 Å². The Kier molecular flexibility index (Phi) is 5.32. The first-order chi connectivity index (χ1) is 9.35.